The molecule has 21 heavy (non-hydrogen) atoms. The zero-order valence-electron chi connectivity index (χ0n) is 10.9. The second-order valence-electron chi connectivity index (χ2n) is 4.80. The molecule has 0 aromatic heterocycles. The molecule has 0 aliphatic heterocycles. The lowest BCUT2D eigenvalue weighted by molar-refractivity contribution is -0.388. The topological polar surface area (TPSA) is 106 Å². The average Bonchev–Trinajstić information content (AvgIpc) is 2.40. The highest BCUT2D eigenvalue weighted by atomic mass is 32.2. The summed E-state index contributed by atoms with van der Waals surface area (Å²) in [6.45, 7) is 0. The molecule has 0 amide bonds. The minimum Gasteiger partial charge on any atom is -0.300 e. The number of Topliss-reactive ketones (excluding diaryl/α,β-unsaturated/α-hetero) is 1. The van der Waals surface area contributed by atoms with Crippen molar-refractivity contribution >= 4 is 21.5 Å². The van der Waals surface area contributed by atoms with Gasteiger partial charge < -0.3 is 0 Å². The standard InChI is InChI=1S/C12H13FN2O5S/c13-8-1-6-12(11(7-8)15(17)18)21(19,20)14-9-2-4-10(16)5-3-9/h1,6-7,9,14H,2-5H2. The summed E-state index contributed by atoms with van der Waals surface area (Å²) in [7, 11) is -4.14. The molecule has 1 aliphatic carbocycles. The van der Waals surface area contributed by atoms with Crippen LogP contribution in [0.15, 0.2) is 23.1 Å². The Kier molecular flexibility index (Phi) is 4.33. The van der Waals surface area contributed by atoms with Crippen LogP contribution in [-0.4, -0.2) is 25.2 Å². The maximum atomic E-state index is 13.0. The fourth-order valence-electron chi connectivity index (χ4n) is 2.20. The van der Waals surface area contributed by atoms with E-state index in [1.54, 1.807) is 0 Å². The molecule has 1 aromatic rings. The van der Waals surface area contributed by atoms with Crippen molar-refractivity contribution in [3.05, 3.63) is 34.1 Å². The molecule has 1 N–H and O–H groups in total. The number of nitro benzene ring substituents is 1. The molecule has 0 saturated heterocycles. The van der Waals surface area contributed by atoms with Gasteiger partial charge in [0, 0.05) is 18.9 Å². The maximum absolute atomic E-state index is 13.0. The zero-order valence-corrected chi connectivity index (χ0v) is 11.7. The van der Waals surface area contributed by atoms with E-state index < -0.39 is 37.4 Å². The molecule has 7 nitrogen and oxygen atoms in total. The van der Waals surface area contributed by atoms with Gasteiger partial charge in [0.05, 0.1) is 11.0 Å². The molecule has 0 bridgehead atoms. The highest BCUT2D eigenvalue weighted by Crippen LogP contribution is 2.26. The quantitative estimate of drug-likeness (QED) is 0.669. The van der Waals surface area contributed by atoms with E-state index in [1.165, 1.54) is 0 Å². The number of nitrogens with one attached hydrogen (secondary N) is 1. The molecule has 114 valence electrons. The third kappa shape index (κ3) is 3.61. The summed E-state index contributed by atoms with van der Waals surface area (Å²) in [5.41, 5.74) is -0.811. The van der Waals surface area contributed by atoms with Crippen molar-refractivity contribution in [3.8, 4) is 0 Å². The Morgan fingerprint density at radius 2 is 1.90 bits per heavy atom. The van der Waals surface area contributed by atoms with Crippen molar-refractivity contribution in [1.82, 2.24) is 4.72 Å². The van der Waals surface area contributed by atoms with Gasteiger partial charge in [-0.3, -0.25) is 14.9 Å². The minimum atomic E-state index is -4.14. The van der Waals surface area contributed by atoms with Crippen LogP contribution in [0.4, 0.5) is 10.1 Å². The number of hydrogen-bond acceptors (Lipinski definition) is 5. The number of halogens is 1. The molecule has 0 heterocycles. The largest absolute Gasteiger partial charge is 0.300 e. The summed E-state index contributed by atoms with van der Waals surface area (Å²) >= 11 is 0. The van der Waals surface area contributed by atoms with E-state index in [9.17, 15) is 27.7 Å². The molecule has 0 radical (unpaired) electrons. The summed E-state index contributed by atoms with van der Waals surface area (Å²) in [4.78, 5) is 20.5. The lowest BCUT2D eigenvalue weighted by Crippen LogP contribution is -2.37. The number of nitro groups is 1. The molecular weight excluding hydrogens is 303 g/mol. The first-order valence-electron chi connectivity index (χ1n) is 6.27. The van der Waals surface area contributed by atoms with Gasteiger partial charge in [0.25, 0.3) is 5.69 Å². The van der Waals surface area contributed by atoms with Gasteiger partial charge in [-0.1, -0.05) is 0 Å². The van der Waals surface area contributed by atoms with Gasteiger partial charge in [-0.2, -0.15) is 0 Å². The number of benzene rings is 1. The van der Waals surface area contributed by atoms with E-state index in [-0.39, 0.29) is 18.6 Å². The lowest BCUT2D eigenvalue weighted by Gasteiger charge is -2.21. The first kappa shape index (κ1) is 15.5. The first-order chi connectivity index (χ1) is 9.79. The monoisotopic (exact) mass is 316 g/mol. The molecule has 1 fully saturated rings. The third-order valence-corrected chi connectivity index (χ3v) is 4.84. The molecule has 1 aliphatic rings. The molecule has 0 atom stereocenters. The van der Waals surface area contributed by atoms with Crippen LogP contribution in [0, 0.1) is 15.9 Å². The third-order valence-electron chi connectivity index (χ3n) is 3.27. The van der Waals surface area contributed by atoms with Gasteiger partial charge in [-0.25, -0.2) is 17.5 Å². The summed E-state index contributed by atoms with van der Waals surface area (Å²) in [5, 5.41) is 10.9. The Morgan fingerprint density at radius 1 is 1.29 bits per heavy atom. The summed E-state index contributed by atoms with van der Waals surface area (Å²) in [5.74, 6) is -0.817. The van der Waals surface area contributed by atoms with Crippen LogP contribution in [0.5, 0.6) is 0 Å². The van der Waals surface area contributed by atoms with E-state index in [1.807, 2.05) is 0 Å². The van der Waals surface area contributed by atoms with Crippen LogP contribution in [0.3, 0.4) is 0 Å². The van der Waals surface area contributed by atoms with Gasteiger partial charge in [0.1, 0.15) is 11.6 Å². The Morgan fingerprint density at radius 3 is 2.48 bits per heavy atom. The number of sulfonamides is 1. The van der Waals surface area contributed by atoms with Crippen LogP contribution in [-0.2, 0) is 14.8 Å². The highest BCUT2D eigenvalue weighted by molar-refractivity contribution is 7.89. The van der Waals surface area contributed by atoms with E-state index in [2.05, 4.69) is 4.72 Å². The van der Waals surface area contributed by atoms with Gasteiger partial charge in [0.15, 0.2) is 4.90 Å². The molecule has 0 unspecified atom stereocenters. The molecule has 9 heteroatoms. The number of hydrogen-bond donors (Lipinski definition) is 1. The SMILES string of the molecule is O=C1CCC(NS(=O)(=O)c2ccc(F)cc2[N+](=O)[O-])CC1. The zero-order chi connectivity index (χ0) is 15.6. The van der Waals surface area contributed by atoms with Crippen molar-refractivity contribution in [2.75, 3.05) is 0 Å². The van der Waals surface area contributed by atoms with Crippen molar-refractivity contribution in [3.63, 3.8) is 0 Å². The number of nitrogens with zero attached hydrogens (tertiary/aromatic N) is 1. The summed E-state index contributed by atoms with van der Waals surface area (Å²) in [6.07, 6.45) is 1.26. The highest BCUT2D eigenvalue weighted by Gasteiger charge is 2.30. The molecule has 1 aromatic carbocycles. The number of rotatable bonds is 4. The van der Waals surface area contributed by atoms with Crippen LogP contribution in [0.2, 0.25) is 0 Å². The van der Waals surface area contributed by atoms with Crippen molar-refractivity contribution in [1.29, 1.82) is 0 Å². The lowest BCUT2D eigenvalue weighted by atomic mass is 9.95. The molecule has 1 saturated carbocycles. The fourth-order valence-corrected chi connectivity index (χ4v) is 3.66. The number of carbonyl (C=O) groups excluding carboxylic acids is 1. The molecular formula is C12H13FN2O5S. The van der Waals surface area contributed by atoms with E-state index in [0.29, 0.717) is 18.9 Å². The van der Waals surface area contributed by atoms with Crippen LogP contribution >= 0.6 is 0 Å². The minimum absolute atomic E-state index is 0.0678. The van der Waals surface area contributed by atoms with E-state index in [4.69, 9.17) is 0 Å². The van der Waals surface area contributed by atoms with E-state index in [0.717, 1.165) is 12.1 Å². The first-order valence-corrected chi connectivity index (χ1v) is 7.76. The second kappa shape index (κ2) is 5.86. The summed E-state index contributed by atoms with van der Waals surface area (Å²) in [6, 6.07) is 1.84. The predicted octanol–water partition coefficient (Wildman–Crippen LogP) is 1.52. The normalized spacial score (nSPS) is 16.9. The van der Waals surface area contributed by atoms with Gasteiger partial charge >= 0.3 is 0 Å². The number of carbonyl (C=O) groups is 1. The average molecular weight is 316 g/mol. The number of ketones is 1. The Hall–Kier alpha value is -1.87. The molecule has 0 spiro atoms. The fraction of sp³-hybridized carbons (Fsp3) is 0.417. The Balaban J connectivity index is 2.27. The van der Waals surface area contributed by atoms with Gasteiger partial charge in [0.2, 0.25) is 10.0 Å². The van der Waals surface area contributed by atoms with Crippen molar-refractivity contribution in [2.24, 2.45) is 0 Å². The van der Waals surface area contributed by atoms with Gasteiger partial charge in [-0.05, 0) is 25.0 Å². The maximum Gasteiger partial charge on any atom is 0.292 e. The Labute approximate surface area is 120 Å². The van der Waals surface area contributed by atoms with Gasteiger partial charge in [-0.15, -0.1) is 0 Å². The summed E-state index contributed by atoms with van der Waals surface area (Å²) < 4.78 is 39.8. The predicted molar refractivity (Wildman–Crippen MR) is 70.6 cm³/mol. The van der Waals surface area contributed by atoms with Crippen LogP contribution < -0.4 is 4.72 Å². The van der Waals surface area contributed by atoms with E-state index >= 15 is 0 Å². The smallest absolute Gasteiger partial charge is 0.292 e. The van der Waals surface area contributed by atoms with Crippen LogP contribution in [0.1, 0.15) is 25.7 Å². The second-order valence-corrected chi connectivity index (χ2v) is 6.49. The van der Waals surface area contributed by atoms with Crippen molar-refractivity contribution < 1.29 is 22.5 Å². The van der Waals surface area contributed by atoms with Crippen molar-refractivity contribution in [2.45, 2.75) is 36.6 Å². The molecule has 2 rings (SSSR count). The Bertz CT molecular complexity index is 679. The van der Waals surface area contributed by atoms with Crippen LogP contribution in [0.25, 0.3) is 0 Å².